The van der Waals surface area contributed by atoms with Gasteiger partial charge in [-0.1, -0.05) is 45.4 Å². The molecule has 7 heteroatoms. The van der Waals surface area contributed by atoms with E-state index >= 15 is 0 Å². The molecule has 1 saturated heterocycles. The fourth-order valence-electron chi connectivity index (χ4n) is 2.67. The first kappa shape index (κ1) is 21.6. The van der Waals surface area contributed by atoms with Crippen molar-refractivity contribution in [2.24, 2.45) is 5.92 Å². The maximum Gasteiger partial charge on any atom is 0.336 e. The van der Waals surface area contributed by atoms with Gasteiger partial charge < -0.3 is 20.2 Å². The topological polar surface area (TPSA) is 115 Å². The first-order valence-corrected chi connectivity index (χ1v) is 8.61. The molecule has 0 aliphatic carbocycles. The number of aliphatic hydroxyl groups excluding tert-OH is 1. The van der Waals surface area contributed by atoms with Crippen LogP contribution in [0.4, 0.5) is 0 Å². The number of nitrogens with zero attached hydrogens (tertiary/aromatic N) is 1. The highest BCUT2D eigenvalue weighted by Crippen LogP contribution is 2.31. The standard InChI is InChI=1S/C19H27NO6/c1-5-6-7-8-9-10-14(21)15-16(22)13(20(4)17(15)23)11-19(26,12(2)3)18(24)25/h7-10,12-13,21,26H,5-6,11H2,1-4H3,(H,24,25)/b8-7+,10-9+,15-14-/t13-,19-/m1/s1. The highest BCUT2D eigenvalue weighted by Gasteiger charge is 2.50. The normalized spacial score (nSPS) is 22.7. The van der Waals surface area contributed by atoms with E-state index in [0.29, 0.717) is 0 Å². The molecule has 0 aromatic rings. The summed E-state index contributed by atoms with van der Waals surface area (Å²) < 4.78 is 0. The van der Waals surface area contributed by atoms with Crippen LogP contribution >= 0.6 is 0 Å². The van der Waals surface area contributed by atoms with Crippen molar-refractivity contribution >= 4 is 17.7 Å². The summed E-state index contributed by atoms with van der Waals surface area (Å²) in [6.45, 7) is 5.07. The Morgan fingerprint density at radius 3 is 2.38 bits per heavy atom. The van der Waals surface area contributed by atoms with E-state index < -0.39 is 53.0 Å². The molecule has 0 aromatic heterocycles. The number of carboxylic acid groups (broad SMARTS) is 1. The van der Waals surface area contributed by atoms with Crippen molar-refractivity contribution in [2.75, 3.05) is 7.05 Å². The van der Waals surface area contributed by atoms with Crippen molar-refractivity contribution in [3.05, 3.63) is 35.6 Å². The van der Waals surface area contributed by atoms with Gasteiger partial charge in [0, 0.05) is 13.5 Å². The number of Topliss-reactive ketones (excluding diaryl/α,β-unsaturated/α-hetero) is 1. The Balaban J connectivity index is 3.12. The predicted octanol–water partition coefficient (Wildman–Crippen LogP) is 1.98. The molecular weight excluding hydrogens is 338 g/mol. The molecule has 144 valence electrons. The number of hydrogen-bond acceptors (Lipinski definition) is 5. The number of carboxylic acids is 1. The zero-order valence-corrected chi connectivity index (χ0v) is 15.6. The maximum atomic E-state index is 12.6. The number of ketones is 1. The minimum absolute atomic E-state index is 0.394. The lowest BCUT2D eigenvalue weighted by Gasteiger charge is -2.31. The van der Waals surface area contributed by atoms with Gasteiger partial charge in [0.1, 0.15) is 11.3 Å². The lowest BCUT2D eigenvalue weighted by molar-refractivity contribution is -0.166. The van der Waals surface area contributed by atoms with Crippen molar-refractivity contribution in [3.63, 3.8) is 0 Å². The molecule has 0 saturated carbocycles. The van der Waals surface area contributed by atoms with E-state index in [2.05, 4.69) is 0 Å². The van der Waals surface area contributed by atoms with Crippen LogP contribution in [0.5, 0.6) is 0 Å². The second-order valence-electron chi connectivity index (χ2n) is 6.72. The van der Waals surface area contributed by atoms with Gasteiger partial charge in [-0.05, 0) is 18.4 Å². The highest BCUT2D eigenvalue weighted by atomic mass is 16.4. The van der Waals surface area contributed by atoms with Gasteiger partial charge in [0.25, 0.3) is 5.91 Å². The number of hydrogen-bond donors (Lipinski definition) is 3. The molecule has 1 rings (SSSR count). The van der Waals surface area contributed by atoms with Crippen LogP contribution in [0, 0.1) is 5.92 Å². The fraction of sp³-hybridized carbons (Fsp3) is 0.526. The molecule has 0 bridgehead atoms. The fourth-order valence-corrected chi connectivity index (χ4v) is 2.67. The Kier molecular flexibility index (Phi) is 7.32. The molecule has 1 heterocycles. The van der Waals surface area contributed by atoms with Crippen LogP contribution in [0.2, 0.25) is 0 Å². The lowest BCUT2D eigenvalue weighted by Crippen LogP contribution is -2.49. The molecule has 0 unspecified atom stereocenters. The Bertz CT molecular complexity index is 661. The summed E-state index contributed by atoms with van der Waals surface area (Å²) in [7, 11) is 1.35. The third-order valence-electron chi connectivity index (χ3n) is 4.59. The molecule has 26 heavy (non-hydrogen) atoms. The summed E-state index contributed by atoms with van der Waals surface area (Å²) in [4.78, 5) is 37.4. The van der Waals surface area contributed by atoms with Crippen LogP contribution in [0.1, 0.15) is 40.0 Å². The second kappa shape index (κ2) is 8.80. The van der Waals surface area contributed by atoms with Crippen LogP contribution in [-0.2, 0) is 14.4 Å². The monoisotopic (exact) mass is 365 g/mol. The molecule has 0 radical (unpaired) electrons. The lowest BCUT2D eigenvalue weighted by atomic mass is 9.83. The van der Waals surface area contributed by atoms with E-state index in [1.54, 1.807) is 6.08 Å². The number of allylic oxidation sites excluding steroid dienone is 4. The van der Waals surface area contributed by atoms with E-state index in [1.807, 2.05) is 13.0 Å². The van der Waals surface area contributed by atoms with E-state index in [9.17, 15) is 29.7 Å². The smallest absolute Gasteiger partial charge is 0.336 e. The van der Waals surface area contributed by atoms with Gasteiger partial charge in [0.15, 0.2) is 11.4 Å². The molecule has 0 aromatic carbocycles. The number of carbonyl (C=O) groups is 3. The summed E-state index contributed by atoms with van der Waals surface area (Å²) in [5, 5.41) is 29.8. The quantitative estimate of drug-likeness (QED) is 0.262. The minimum atomic E-state index is -2.15. The summed E-state index contributed by atoms with van der Waals surface area (Å²) >= 11 is 0. The van der Waals surface area contributed by atoms with Crippen molar-refractivity contribution in [2.45, 2.75) is 51.7 Å². The molecule has 3 N–H and O–H groups in total. The zero-order chi connectivity index (χ0) is 20.1. The number of rotatable bonds is 8. The van der Waals surface area contributed by atoms with Crippen LogP contribution < -0.4 is 0 Å². The molecule has 2 atom stereocenters. The molecular formula is C19H27NO6. The number of likely N-dealkylation sites (tertiary alicyclic amines) is 1. The maximum absolute atomic E-state index is 12.6. The van der Waals surface area contributed by atoms with Gasteiger partial charge >= 0.3 is 5.97 Å². The first-order chi connectivity index (χ1) is 12.1. The second-order valence-corrected chi connectivity index (χ2v) is 6.72. The van der Waals surface area contributed by atoms with Crippen LogP contribution in [0.3, 0.4) is 0 Å². The van der Waals surface area contributed by atoms with Crippen molar-refractivity contribution in [1.29, 1.82) is 0 Å². The molecule has 1 amide bonds. The van der Waals surface area contributed by atoms with Gasteiger partial charge in [-0.25, -0.2) is 4.79 Å². The van der Waals surface area contributed by atoms with E-state index in [4.69, 9.17) is 0 Å². The van der Waals surface area contributed by atoms with Gasteiger partial charge in [0.2, 0.25) is 0 Å². The van der Waals surface area contributed by atoms with Crippen molar-refractivity contribution in [3.8, 4) is 0 Å². The summed E-state index contributed by atoms with van der Waals surface area (Å²) in [6.07, 6.45) is 7.76. The minimum Gasteiger partial charge on any atom is -0.507 e. The van der Waals surface area contributed by atoms with Gasteiger partial charge in [-0.15, -0.1) is 0 Å². The first-order valence-electron chi connectivity index (χ1n) is 8.61. The van der Waals surface area contributed by atoms with Gasteiger partial charge in [-0.2, -0.15) is 0 Å². The van der Waals surface area contributed by atoms with Gasteiger partial charge in [0.05, 0.1) is 6.04 Å². The number of carbonyl (C=O) groups excluding carboxylic acids is 2. The van der Waals surface area contributed by atoms with Crippen LogP contribution in [0.25, 0.3) is 0 Å². The average Bonchev–Trinajstić information content (AvgIpc) is 2.77. The largest absolute Gasteiger partial charge is 0.507 e. The molecule has 7 nitrogen and oxygen atoms in total. The average molecular weight is 365 g/mol. The molecule has 1 fully saturated rings. The zero-order valence-electron chi connectivity index (χ0n) is 15.6. The highest BCUT2D eigenvalue weighted by molar-refractivity contribution is 6.27. The number of aliphatic carboxylic acids is 1. The van der Waals surface area contributed by atoms with E-state index in [0.717, 1.165) is 17.7 Å². The van der Waals surface area contributed by atoms with Crippen LogP contribution in [0.15, 0.2) is 35.6 Å². The summed E-state index contributed by atoms with van der Waals surface area (Å²) in [5.74, 6) is -3.99. The number of amides is 1. The third kappa shape index (κ3) is 4.40. The number of aliphatic hydroxyl groups is 2. The Morgan fingerprint density at radius 1 is 1.27 bits per heavy atom. The Morgan fingerprint density at radius 2 is 1.88 bits per heavy atom. The molecule has 1 aliphatic heterocycles. The number of unbranched alkanes of at least 4 members (excludes halogenated alkanes) is 1. The predicted molar refractivity (Wildman–Crippen MR) is 96.4 cm³/mol. The van der Waals surface area contributed by atoms with Crippen molar-refractivity contribution in [1.82, 2.24) is 4.90 Å². The SMILES string of the molecule is CCC/C=C/C=C/C(O)=C1\C(=O)[C@@H](C[C@](O)(C(=O)O)C(C)C)N(C)C1=O. The van der Waals surface area contributed by atoms with Gasteiger partial charge in [-0.3, -0.25) is 9.59 Å². The van der Waals surface area contributed by atoms with E-state index in [-0.39, 0.29) is 0 Å². The van der Waals surface area contributed by atoms with Crippen molar-refractivity contribution < 1.29 is 29.7 Å². The Hall–Kier alpha value is -2.41. The van der Waals surface area contributed by atoms with Crippen LogP contribution in [-0.4, -0.2) is 56.6 Å². The Labute approximate surface area is 153 Å². The molecule has 1 aliphatic rings. The summed E-state index contributed by atoms with van der Waals surface area (Å²) in [6, 6.07) is -1.15. The molecule has 0 spiro atoms. The third-order valence-corrected chi connectivity index (χ3v) is 4.59. The van der Waals surface area contributed by atoms with E-state index in [1.165, 1.54) is 33.0 Å². The summed E-state index contributed by atoms with van der Waals surface area (Å²) in [5.41, 5.74) is -2.55. The number of likely N-dealkylation sites (N-methyl/N-ethyl adjacent to an activating group) is 1.